The van der Waals surface area contributed by atoms with Crippen molar-refractivity contribution in [1.29, 1.82) is 0 Å². The van der Waals surface area contributed by atoms with Crippen LogP contribution in [-0.4, -0.2) is 108 Å². The molecule has 3 heterocycles. The van der Waals surface area contributed by atoms with Crippen molar-refractivity contribution in [3.8, 4) is 0 Å². The van der Waals surface area contributed by atoms with E-state index >= 15 is 0 Å². The molecule has 0 spiro atoms. The van der Waals surface area contributed by atoms with E-state index < -0.39 is 0 Å². The van der Waals surface area contributed by atoms with Crippen molar-refractivity contribution in [3.05, 3.63) is 11.4 Å². The van der Waals surface area contributed by atoms with Gasteiger partial charge in [0.15, 0.2) is 0 Å². The number of methoxy groups -OCH3 is 3. The van der Waals surface area contributed by atoms with Crippen LogP contribution in [0.3, 0.4) is 0 Å². The van der Waals surface area contributed by atoms with E-state index in [1.807, 2.05) is 0 Å². The highest BCUT2D eigenvalue weighted by Crippen LogP contribution is 2.09. The molecule has 140 valence electrons. The Morgan fingerprint density at radius 2 is 1.46 bits per heavy atom. The van der Waals surface area contributed by atoms with Gasteiger partial charge in [0.2, 0.25) is 0 Å². The van der Waals surface area contributed by atoms with E-state index in [9.17, 15) is 0 Å². The minimum atomic E-state index is 0.381. The standard InChI is InChI=1S/C6H10N2O.C6H14N2O.C4H9NO/c1-7-5-8-3-6(4-8)9-2;1-9-6-4-8(5-6)3-2-7;1-6-4-2-5-3-4/h6H,3-5H2,2H3;6H,2-5,7H2,1H3;4-5H,2-3H2,1H3. The second kappa shape index (κ2) is 12.6. The molecule has 3 N–H and O–H groups in total. The summed E-state index contributed by atoms with van der Waals surface area (Å²) >= 11 is 0. The van der Waals surface area contributed by atoms with Gasteiger partial charge in [0.05, 0.1) is 18.3 Å². The van der Waals surface area contributed by atoms with Crippen molar-refractivity contribution in [3.63, 3.8) is 0 Å². The summed E-state index contributed by atoms with van der Waals surface area (Å²) in [4.78, 5) is 7.59. The normalized spacial score (nSPS) is 22.0. The highest BCUT2D eigenvalue weighted by Gasteiger charge is 2.27. The molecule has 0 aromatic carbocycles. The zero-order valence-corrected chi connectivity index (χ0v) is 15.2. The zero-order valence-electron chi connectivity index (χ0n) is 15.2. The number of nitrogens with two attached hydrogens (primary N) is 1. The lowest BCUT2D eigenvalue weighted by atomic mass is 10.2. The molecule has 24 heavy (non-hydrogen) atoms. The van der Waals surface area contributed by atoms with E-state index in [1.165, 1.54) is 0 Å². The molecule has 0 atom stereocenters. The third kappa shape index (κ3) is 7.85. The fraction of sp³-hybridized carbons (Fsp3) is 0.938. The number of hydrogen-bond donors (Lipinski definition) is 2. The zero-order chi connectivity index (χ0) is 17.8. The van der Waals surface area contributed by atoms with Crippen LogP contribution in [0.4, 0.5) is 0 Å². The van der Waals surface area contributed by atoms with Gasteiger partial charge in [-0.25, -0.2) is 11.5 Å². The summed E-state index contributed by atoms with van der Waals surface area (Å²) in [7, 11) is 5.20. The lowest BCUT2D eigenvalue weighted by Gasteiger charge is -2.37. The molecule has 0 bridgehead atoms. The number of hydrogen-bond acceptors (Lipinski definition) is 7. The van der Waals surface area contributed by atoms with Crippen LogP contribution in [0, 0.1) is 6.57 Å². The first-order valence-corrected chi connectivity index (χ1v) is 8.43. The minimum Gasteiger partial charge on any atom is -0.379 e. The van der Waals surface area contributed by atoms with Crippen molar-refractivity contribution in [1.82, 2.24) is 15.1 Å². The lowest BCUT2D eigenvalue weighted by Crippen LogP contribution is -2.53. The molecule has 0 aromatic heterocycles. The Balaban J connectivity index is 0.000000184. The Morgan fingerprint density at radius 1 is 0.958 bits per heavy atom. The van der Waals surface area contributed by atoms with E-state index in [0.29, 0.717) is 25.0 Å². The Bertz CT molecular complexity index is 347. The average molecular weight is 343 g/mol. The van der Waals surface area contributed by atoms with Gasteiger partial charge in [0, 0.05) is 73.7 Å². The average Bonchev–Trinajstić information content (AvgIpc) is 2.46. The van der Waals surface area contributed by atoms with Gasteiger partial charge in [0.25, 0.3) is 6.67 Å². The SMILES string of the molecule is COC1CN(CCN)C1.COC1CNC1.[C-]#[N+]CN1CC(OC)C1. The van der Waals surface area contributed by atoms with Gasteiger partial charge in [0.1, 0.15) is 0 Å². The molecule has 0 amide bonds. The minimum absolute atomic E-state index is 0.381. The summed E-state index contributed by atoms with van der Waals surface area (Å²) < 4.78 is 15.0. The predicted molar refractivity (Wildman–Crippen MR) is 93.8 cm³/mol. The van der Waals surface area contributed by atoms with Crippen LogP contribution in [0.25, 0.3) is 4.85 Å². The maximum absolute atomic E-state index is 6.54. The molecule has 0 unspecified atom stereocenters. The molecule has 3 saturated heterocycles. The summed E-state index contributed by atoms with van der Waals surface area (Å²) in [5.74, 6) is 0. The molecule has 0 aromatic rings. The number of likely N-dealkylation sites (tertiary alicyclic amines) is 2. The highest BCUT2D eigenvalue weighted by atomic mass is 16.5. The monoisotopic (exact) mass is 343 g/mol. The summed E-state index contributed by atoms with van der Waals surface area (Å²) in [6, 6.07) is 0. The molecular formula is C16H33N5O3. The summed E-state index contributed by atoms with van der Waals surface area (Å²) in [5, 5.41) is 3.09. The van der Waals surface area contributed by atoms with E-state index in [0.717, 1.165) is 52.4 Å². The van der Waals surface area contributed by atoms with E-state index in [1.54, 1.807) is 21.3 Å². The third-order valence-corrected chi connectivity index (χ3v) is 4.31. The van der Waals surface area contributed by atoms with Gasteiger partial charge in [-0.1, -0.05) is 0 Å². The number of nitrogens with one attached hydrogen (secondary N) is 1. The molecule has 8 nitrogen and oxygen atoms in total. The first-order chi connectivity index (χ1) is 11.7. The van der Waals surface area contributed by atoms with Crippen LogP contribution < -0.4 is 11.1 Å². The molecular weight excluding hydrogens is 310 g/mol. The first-order valence-electron chi connectivity index (χ1n) is 8.43. The molecule has 3 aliphatic rings. The largest absolute Gasteiger partial charge is 0.379 e. The van der Waals surface area contributed by atoms with Gasteiger partial charge in [-0.3, -0.25) is 9.74 Å². The third-order valence-electron chi connectivity index (χ3n) is 4.31. The fourth-order valence-electron chi connectivity index (χ4n) is 2.35. The van der Waals surface area contributed by atoms with E-state index in [4.69, 9.17) is 26.5 Å². The topological polar surface area (TPSA) is 76.6 Å². The molecule has 3 rings (SSSR count). The van der Waals surface area contributed by atoms with Crippen molar-refractivity contribution < 1.29 is 14.2 Å². The fourth-order valence-corrected chi connectivity index (χ4v) is 2.35. The number of ether oxygens (including phenoxy) is 3. The quantitative estimate of drug-likeness (QED) is 0.604. The van der Waals surface area contributed by atoms with Crippen LogP contribution in [0.15, 0.2) is 0 Å². The van der Waals surface area contributed by atoms with Gasteiger partial charge in [-0.2, -0.15) is 0 Å². The van der Waals surface area contributed by atoms with Crippen molar-refractivity contribution in [2.24, 2.45) is 5.73 Å². The van der Waals surface area contributed by atoms with E-state index in [-0.39, 0.29) is 0 Å². The first kappa shape index (κ1) is 21.3. The predicted octanol–water partition coefficient (Wildman–Crippen LogP) is -0.926. The van der Waals surface area contributed by atoms with Gasteiger partial charge < -0.3 is 25.3 Å². The molecule has 0 radical (unpaired) electrons. The summed E-state index contributed by atoms with van der Waals surface area (Å²) in [5.41, 5.74) is 5.34. The second-order valence-electron chi connectivity index (χ2n) is 6.12. The summed E-state index contributed by atoms with van der Waals surface area (Å²) in [6.07, 6.45) is 1.35. The lowest BCUT2D eigenvalue weighted by molar-refractivity contribution is -0.0274. The van der Waals surface area contributed by atoms with Crippen molar-refractivity contribution in [2.75, 3.05) is 80.4 Å². The van der Waals surface area contributed by atoms with Gasteiger partial charge in [-0.15, -0.1) is 0 Å². The molecule has 0 aliphatic carbocycles. The van der Waals surface area contributed by atoms with Gasteiger partial charge >= 0.3 is 0 Å². The Morgan fingerprint density at radius 3 is 1.75 bits per heavy atom. The van der Waals surface area contributed by atoms with Crippen LogP contribution >= 0.6 is 0 Å². The van der Waals surface area contributed by atoms with Gasteiger partial charge in [-0.05, 0) is 0 Å². The van der Waals surface area contributed by atoms with Crippen LogP contribution in [-0.2, 0) is 14.2 Å². The number of nitrogens with zero attached hydrogens (tertiary/aromatic N) is 3. The molecule has 0 saturated carbocycles. The maximum Gasteiger partial charge on any atom is 0.270 e. The smallest absolute Gasteiger partial charge is 0.270 e. The molecule has 8 heteroatoms. The van der Waals surface area contributed by atoms with Crippen LogP contribution in [0.2, 0.25) is 0 Å². The van der Waals surface area contributed by atoms with Crippen LogP contribution in [0.1, 0.15) is 0 Å². The van der Waals surface area contributed by atoms with Crippen LogP contribution in [0.5, 0.6) is 0 Å². The van der Waals surface area contributed by atoms with E-state index in [2.05, 4.69) is 20.0 Å². The molecule has 3 fully saturated rings. The Kier molecular flexibility index (Phi) is 11.1. The number of rotatable bonds is 6. The Hall–Kier alpha value is -0.790. The second-order valence-corrected chi connectivity index (χ2v) is 6.12. The Labute approximate surface area is 146 Å². The molecule has 3 aliphatic heterocycles. The maximum atomic E-state index is 6.54. The summed E-state index contributed by atoms with van der Waals surface area (Å²) in [6.45, 7) is 14.9. The highest BCUT2D eigenvalue weighted by molar-refractivity contribution is 4.81. The van der Waals surface area contributed by atoms with Crippen molar-refractivity contribution >= 4 is 0 Å². The van der Waals surface area contributed by atoms with Crippen molar-refractivity contribution in [2.45, 2.75) is 18.3 Å².